The number of pyridine rings is 2. The Morgan fingerprint density at radius 2 is 2.00 bits per heavy atom. The highest BCUT2D eigenvalue weighted by molar-refractivity contribution is 5.95. The van der Waals surface area contributed by atoms with Gasteiger partial charge in [-0.05, 0) is 55.7 Å². The number of hydrogen-bond donors (Lipinski definition) is 1. The molecule has 1 N–H and O–H groups in total. The van der Waals surface area contributed by atoms with Gasteiger partial charge in [0.15, 0.2) is 0 Å². The molecule has 1 saturated heterocycles. The molecule has 0 spiro atoms. The molecule has 1 aliphatic heterocycles. The van der Waals surface area contributed by atoms with E-state index in [1.165, 1.54) is 17.7 Å². The second kappa shape index (κ2) is 9.13. The number of likely N-dealkylation sites (tertiary alicyclic amines) is 1. The Balaban J connectivity index is 1.34. The van der Waals surface area contributed by atoms with Crippen molar-refractivity contribution in [3.05, 3.63) is 83.7 Å². The fourth-order valence-electron chi connectivity index (χ4n) is 3.76. The van der Waals surface area contributed by atoms with Crippen molar-refractivity contribution >= 4 is 5.91 Å². The van der Waals surface area contributed by atoms with E-state index in [2.05, 4.69) is 26.3 Å². The van der Waals surface area contributed by atoms with Crippen molar-refractivity contribution in [3.63, 3.8) is 0 Å². The number of piperidine rings is 1. The monoisotopic (exact) mass is 404 g/mol. The molecular formula is C24H25FN4O. The van der Waals surface area contributed by atoms with E-state index in [4.69, 9.17) is 0 Å². The third-order valence-corrected chi connectivity index (χ3v) is 5.50. The quantitative estimate of drug-likeness (QED) is 0.699. The van der Waals surface area contributed by atoms with Crippen molar-refractivity contribution in [1.82, 2.24) is 20.2 Å². The van der Waals surface area contributed by atoms with Crippen LogP contribution < -0.4 is 5.32 Å². The molecule has 2 aromatic heterocycles. The van der Waals surface area contributed by atoms with Crippen molar-refractivity contribution in [1.29, 1.82) is 0 Å². The smallest absolute Gasteiger partial charge is 0.251 e. The topological polar surface area (TPSA) is 58.1 Å². The Morgan fingerprint density at radius 1 is 1.17 bits per heavy atom. The van der Waals surface area contributed by atoms with Crippen LogP contribution in [0.2, 0.25) is 0 Å². The normalized spacial score (nSPS) is 15.1. The molecule has 0 atom stereocenters. The van der Waals surface area contributed by atoms with Gasteiger partial charge in [-0.15, -0.1) is 0 Å². The van der Waals surface area contributed by atoms with Crippen molar-refractivity contribution in [2.75, 3.05) is 13.1 Å². The van der Waals surface area contributed by atoms with Gasteiger partial charge in [-0.25, -0.2) is 4.39 Å². The number of benzene rings is 1. The fraction of sp³-hybridized carbons (Fsp3) is 0.292. The van der Waals surface area contributed by atoms with Gasteiger partial charge in [0.05, 0.1) is 0 Å². The number of hydrogen-bond acceptors (Lipinski definition) is 4. The van der Waals surface area contributed by atoms with Crippen LogP contribution >= 0.6 is 0 Å². The zero-order valence-corrected chi connectivity index (χ0v) is 17.0. The molecule has 1 aromatic carbocycles. The van der Waals surface area contributed by atoms with Gasteiger partial charge in [0.1, 0.15) is 5.82 Å². The zero-order chi connectivity index (χ0) is 20.9. The number of carbonyl (C=O) groups excluding carboxylic acids is 1. The average molecular weight is 404 g/mol. The van der Waals surface area contributed by atoms with Gasteiger partial charge >= 0.3 is 0 Å². The average Bonchev–Trinajstić information content (AvgIpc) is 2.77. The van der Waals surface area contributed by atoms with Crippen LogP contribution in [0.15, 0.2) is 61.1 Å². The van der Waals surface area contributed by atoms with Crippen molar-refractivity contribution < 1.29 is 9.18 Å². The molecule has 3 aromatic rings. The summed E-state index contributed by atoms with van der Waals surface area (Å²) in [6.45, 7) is 4.70. The number of nitrogens with zero attached hydrogens (tertiary/aromatic N) is 3. The summed E-state index contributed by atoms with van der Waals surface area (Å²) < 4.78 is 14.3. The van der Waals surface area contributed by atoms with Crippen molar-refractivity contribution in [2.24, 2.45) is 0 Å². The number of aryl methyl sites for hydroxylation is 1. The first-order chi connectivity index (χ1) is 14.6. The van der Waals surface area contributed by atoms with E-state index in [9.17, 15) is 9.18 Å². The number of halogens is 1. The molecule has 5 nitrogen and oxygen atoms in total. The molecule has 0 unspecified atom stereocenters. The van der Waals surface area contributed by atoms with Crippen molar-refractivity contribution in [2.45, 2.75) is 32.4 Å². The summed E-state index contributed by atoms with van der Waals surface area (Å²) in [7, 11) is 0. The molecule has 0 saturated carbocycles. The van der Waals surface area contributed by atoms with Crippen LogP contribution in [-0.2, 0) is 6.54 Å². The van der Waals surface area contributed by atoms with Crippen molar-refractivity contribution in [3.8, 4) is 11.1 Å². The Hall–Kier alpha value is -3.12. The molecule has 3 heterocycles. The van der Waals surface area contributed by atoms with Crippen LogP contribution in [0.1, 0.15) is 34.5 Å². The van der Waals surface area contributed by atoms with E-state index < -0.39 is 0 Å². The Bertz CT molecular complexity index is 999. The lowest BCUT2D eigenvalue weighted by atomic mass is 10.0. The van der Waals surface area contributed by atoms with Gasteiger partial charge in [0.2, 0.25) is 0 Å². The first-order valence-corrected chi connectivity index (χ1v) is 10.2. The maximum Gasteiger partial charge on any atom is 0.251 e. The molecule has 6 heteroatoms. The summed E-state index contributed by atoms with van der Waals surface area (Å²) in [5, 5.41) is 3.11. The standard InChI is InChI=1S/C24H25FN4O/c1-17-4-5-18(14-27-17)16-29-11-8-21(9-12-29)28-24(30)19-6-7-23(25)22(13-19)20-3-2-10-26-15-20/h2-7,10,13-15,21H,8-9,11-12,16H2,1H3,(H,28,30). The zero-order valence-electron chi connectivity index (χ0n) is 17.0. The Kier molecular flexibility index (Phi) is 6.14. The molecule has 0 radical (unpaired) electrons. The first kappa shape index (κ1) is 20.2. The minimum atomic E-state index is -0.363. The third-order valence-electron chi connectivity index (χ3n) is 5.50. The second-order valence-electron chi connectivity index (χ2n) is 7.77. The maximum absolute atomic E-state index is 14.3. The summed E-state index contributed by atoms with van der Waals surface area (Å²) >= 11 is 0. The molecule has 4 rings (SSSR count). The highest BCUT2D eigenvalue weighted by atomic mass is 19.1. The number of nitrogens with one attached hydrogen (secondary N) is 1. The minimum Gasteiger partial charge on any atom is -0.349 e. The van der Waals surface area contributed by atoms with Gasteiger partial charge in [-0.1, -0.05) is 12.1 Å². The van der Waals surface area contributed by atoms with E-state index >= 15 is 0 Å². The van der Waals surface area contributed by atoms with Crippen LogP contribution in [-0.4, -0.2) is 39.9 Å². The maximum atomic E-state index is 14.3. The summed E-state index contributed by atoms with van der Waals surface area (Å²) in [6.07, 6.45) is 6.94. The van der Waals surface area contributed by atoms with E-state index in [0.29, 0.717) is 16.7 Å². The summed E-state index contributed by atoms with van der Waals surface area (Å²) in [5.41, 5.74) is 3.73. The van der Waals surface area contributed by atoms with E-state index in [1.54, 1.807) is 30.6 Å². The predicted octanol–water partition coefficient (Wildman–Crippen LogP) is 3.99. The fourth-order valence-corrected chi connectivity index (χ4v) is 3.76. The van der Waals surface area contributed by atoms with E-state index in [-0.39, 0.29) is 17.8 Å². The van der Waals surface area contributed by atoms with Crippen LogP contribution in [0, 0.1) is 12.7 Å². The lowest BCUT2D eigenvalue weighted by Crippen LogP contribution is -2.44. The highest BCUT2D eigenvalue weighted by Crippen LogP contribution is 2.23. The third kappa shape index (κ3) is 4.89. The van der Waals surface area contributed by atoms with Crippen LogP contribution in [0.5, 0.6) is 0 Å². The lowest BCUT2D eigenvalue weighted by molar-refractivity contribution is 0.0909. The number of rotatable bonds is 5. The Labute approximate surface area is 176 Å². The van der Waals surface area contributed by atoms with Crippen LogP contribution in [0.3, 0.4) is 0 Å². The molecule has 1 aliphatic rings. The largest absolute Gasteiger partial charge is 0.349 e. The summed E-state index contributed by atoms with van der Waals surface area (Å²) in [6, 6.07) is 12.3. The van der Waals surface area contributed by atoms with Gasteiger partial charge in [0, 0.05) is 66.7 Å². The second-order valence-corrected chi connectivity index (χ2v) is 7.77. The molecule has 1 fully saturated rings. The number of aromatic nitrogens is 2. The van der Waals surface area contributed by atoms with E-state index in [1.807, 2.05) is 19.2 Å². The SMILES string of the molecule is Cc1ccc(CN2CCC(NC(=O)c3ccc(F)c(-c4cccnc4)c3)CC2)cn1. The minimum absolute atomic E-state index is 0.122. The Morgan fingerprint density at radius 3 is 2.70 bits per heavy atom. The molecule has 154 valence electrons. The summed E-state index contributed by atoms with van der Waals surface area (Å²) in [4.78, 5) is 23.5. The molecule has 0 bridgehead atoms. The van der Waals surface area contributed by atoms with Crippen LogP contribution in [0.25, 0.3) is 11.1 Å². The lowest BCUT2D eigenvalue weighted by Gasteiger charge is -2.32. The molecular weight excluding hydrogens is 379 g/mol. The molecule has 1 amide bonds. The van der Waals surface area contributed by atoms with Gasteiger partial charge < -0.3 is 5.32 Å². The van der Waals surface area contributed by atoms with Gasteiger partial charge in [-0.3, -0.25) is 19.7 Å². The molecule has 0 aliphatic carbocycles. The number of amides is 1. The van der Waals surface area contributed by atoms with E-state index in [0.717, 1.165) is 38.2 Å². The van der Waals surface area contributed by atoms with Crippen LogP contribution in [0.4, 0.5) is 4.39 Å². The highest BCUT2D eigenvalue weighted by Gasteiger charge is 2.22. The van der Waals surface area contributed by atoms with Gasteiger partial charge in [-0.2, -0.15) is 0 Å². The van der Waals surface area contributed by atoms with Gasteiger partial charge in [0.25, 0.3) is 5.91 Å². The molecule has 30 heavy (non-hydrogen) atoms. The number of carbonyl (C=O) groups is 1. The first-order valence-electron chi connectivity index (χ1n) is 10.2. The predicted molar refractivity (Wildman–Crippen MR) is 114 cm³/mol. The summed E-state index contributed by atoms with van der Waals surface area (Å²) in [5.74, 6) is -0.528.